The number of para-hydroxylation sites is 1. The molecule has 0 unspecified atom stereocenters. The Balaban J connectivity index is 1.06. The number of piperazine rings is 1. The monoisotopic (exact) mass is 603 g/mol. The molecule has 0 aromatic heterocycles. The number of benzene rings is 2. The number of urea groups is 1. The number of ether oxygens (including phenoxy) is 1. The molecule has 0 radical (unpaired) electrons. The highest BCUT2D eigenvalue weighted by molar-refractivity contribution is 5.91. The van der Waals surface area contributed by atoms with Gasteiger partial charge in [-0.05, 0) is 74.5 Å². The second-order valence-corrected chi connectivity index (χ2v) is 12.4. The number of piperidine rings is 2. The molecule has 0 bridgehead atoms. The molecule has 4 N–H and O–H groups in total. The third-order valence-corrected chi connectivity index (χ3v) is 9.68. The molecule has 11 heteroatoms. The minimum Gasteiger partial charge on any atom is -0.436 e. The highest BCUT2D eigenvalue weighted by atomic mass is 16.6. The van der Waals surface area contributed by atoms with E-state index < -0.39 is 12.2 Å². The molecule has 4 amide bonds. The number of carbonyl (C=O) groups excluding carboxylic acids is 3. The summed E-state index contributed by atoms with van der Waals surface area (Å²) < 4.78 is 6.00. The number of fused-ring (bicyclic) bond motifs is 1. The van der Waals surface area contributed by atoms with Crippen molar-refractivity contribution in [3.05, 3.63) is 59.7 Å². The number of nitrogens with two attached hydrogens (primary N) is 1. The first-order valence-corrected chi connectivity index (χ1v) is 16.1. The van der Waals surface area contributed by atoms with Gasteiger partial charge in [-0.3, -0.25) is 9.69 Å². The molecule has 44 heavy (non-hydrogen) atoms. The molecule has 4 aliphatic heterocycles. The van der Waals surface area contributed by atoms with Crippen LogP contribution in [0.1, 0.15) is 36.8 Å². The van der Waals surface area contributed by atoms with Crippen LogP contribution in [-0.4, -0.2) is 115 Å². The van der Waals surface area contributed by atoms with Crippen molar-refractivity contribution in [3.8, 4) is 0 Å². The van der Waals surface area contributed by atoms with Gasteiger partial charge in [-0.2, -0.15) is 0 Å². The second-order valence-electron chi connectivity index (χ2n) is 12.4. The molecular formula is C33H45N7O4. The summed E-state index contributed by atoms with van der Waals surface area (Å²) in [5.41, 5.74) is 9.43. The second kappa shape index (κ2) is 13.9. The van der Waals surface area contributed by atoms with E-state index >= 15 is 0 Å². The number of hydrogen-bond acceptors (Lipinski definition) is 7. The molecule has 236 valence electrons. The van der Waals surface area contributed by atoms with Crippen LogP contribution in [0.4, 0.5) is 21.0 Å². The number of anilines is 2. The van der Waals surface area contributed by atoms with Crippen molar-refractivity contribution in [3.63, 3.8) is 0 Å². The van der Waals surface area contributed by atoms with E-state index in [0.29, 0.717) is 63.7 Å². The maximum atomic E-state index is 13.8. The number of nitrogens with zero attached hydrogens (tertiary/aromatic N) is 4. The Morgan fingerprint density at radius 1 is 0.841 bits per heavy atom. The average Bonchev–Trinajstić information content (AvgIpc) is 3.23. The van der Waals surface area contributed by atoms with Crippen LogP contribution in [-0.2, 0) is 22.4 Å². The lowest BCUT2D eigenvalue weighted by molar-refractivity contribution is -0.143. The molecule has 3 saturated heterocycles. The molecule has 0 saturated carbocycles. The lowest BCUT2D eigenvalue weighted by Crippen LogP contribution is -2.56. The van der Waals surface area contributed by atoms with E-state index in [4.69, 9.17) is 10.5 Å². The number of hydrogen-bond donors (Lipinski definition) is 3. The SMILES string of the molecule is Nc1ccc(C[C@@H](OC(=O)N2CCC(N3CCc4ccccc4NC3=O)CC2)C(=O)N2CCN(C3CCNCC3)CC2)cc1. The van der Waals surface area contributed by atoms with E-state index in [2.05, 4.69) is 15.5 Å². The van der Waals surface area contributed by atoms with Crippen LogP contribution < -0.4 is 16.4 Å². The molecule has 6 rings (SSSR count). The van der Waals surface area contributed by atoms with Crippen molar-refractivity contribution < 1.29 is 19.1 Å². The minimum atomic E-state index is -0.913. The van der Waals surface area contributed by atoms with Gasteiger partial charge >= 0.3 is 12.1 Å². The van der Waals surface area contributed by atoms with E-state index in [1.807, 2.05) is 46.2 Å². The van der Waals surface area contributed by atoms with Gasteiger partial charge in [0.25, 0.3) is 5.91 Å². The third-order valence-electron chi connectivity index (χ3n) is 9.68. The van der Waals surface area contributed by atoms with Crippen LogP contribution in [0.15, 0.2) is 48.5 Å². The Kier molecular flexibility index (Phi) is 9.51. The molecule has 2 aromatic rings. The summed E-state index contributed by atoms with van der Waals surface area (Å²) in [6.07, 6.45) is 3.29. The highest BCUT2D eigenvalue weighted by Crippen LogP contribution is 2.25. The highest BCUT2D eigenvalue weighted by Gasteiger charge is 2.36. The van der Waals surface area contributed by atoms with Crippen molar-refractivity contribution in [2.75, 3.05) is 70.0 Å². The summed E-state index contributed by atoms with van der Waals surface area (Å²) in [6.45, 7) is 6.60. The van der Waals surface area contributed by atoms with Crippen molar-refractivity contribution >= 4 is 29.4 Å². The summed E-state index contributed by atoms with van der Waals surface area (Å²) in [5, 5.41) is 6.47. The first-order chi connectivity index (χ1) is 21.4. The van der Waals surface area contributed by atoms with Gasteiger partial charge in [0.05, 0.1) is 0 Å². The Morgan fingerprint density at radius 3 is 2.27 bits per heavy atom. The largest absolute Gasteiger partial charge is 0.436 e. The number of nitrogen functional groups attached to an aromatic ring is 1. The van der Waals surface area contributed by atoms with Crippen molar-refractivity contribution in [1.29, 1.82) is 0 Å². The maximum Gasteiger partial charge on any atom is 0.410 e. The van der Waals surface area contributed by atoms with Crippen LogP contribution in [0.2, 0.25) is 0 Å². The summed E-state index contributed by atoms with van der Waals surface area (Å²) in [7, 11) is 0. The van der Waals surface area contributed by atoms with Gasteiger partial charge < -0.3 is 35.8 Å². The van der Waals surface area contributed by atoms with Crippen LogP contribution in [0.3, 0.4) is 0 Å². The minimum absolute atomic E-state index is 0.0387. The smallest absolute Gasteiger partial charge is 0.410 e. The topological polar surface area (TPSA) is 123 Å². The van der Waals surface area contributed by atoms with Crippen molar-refractivity contribution in [2.45, 2.75) is 56.7 Å². The van der Waals surface area contributed by atoms with E-state index in [-0.39, 0.29) is 18.0 Å². The summed E-state index contributed by atoms with van der Waals surface area (Å²) in [6, 6.07) is 15.8. The zero-order chi connectivity index (χ0) is 30.5. The standard InChI is InChI=1S/C33H45N7O4/c34-26-7-5-24(6-8-26)23-30(31(41)38-21-19-37(20-22-38)27-9-14-35-15-10-27)44-33(43)39-16-12-28(13-17-39)40-18-11-25-3-1-2-4-29(25)36-32(40)42/h1-8,27-28,30,35H,9-23,34H2,(H,36,42)/t30-/m1/s1. The first-order valence-electron chi connectivity index (χ1n) is 16.1. The predicted molar refractivity (Wildman–Crippen MR) is 169 cm³/mol. The fourth-order valence-electron chi connectivity index (χ4n) is 7.02. The van der Waals surface area contributed by atoms with E-state index in [1.165, 1.54) is 0 Å². The number of likely N-dealkylation sites (tertiary alicyclic amines) is 1. The van der Waals surface area contributed by atoms with Crippen LogP contribution in [0, 0.1) is 0 Å². The predicted octanol–water partition coefficient (Wildman–Crippen LogP) is 2.77. The average molecular weight is 604 g/mol. The van der Waals surface area contributed by atoms with Gasteiger partial charge in [-0.25, -0.2) is 9.59 Å². The van der Waals surface area contributed by atoms with Crippen LogP contribution >= 0.6 is 0 Å². The number of carbonyl (C=O) groups is 3. The quantitative estimate of drug-likeness (QED) is 0.434. The molecule has 0 spiro atoms. The zero-order valence-corrected chi connectivity index (χ0v) is 25.5. The summed E-state index contributed by atoms with van der Waals surface area (Å²) >= 11 is 0. The van der Waals surface area contributed by atoms with E-state index in [0.717, 1.165) is 62.3 Å². The summed E-state index contributed by atoms with van der Waals surface area (Å²) in [4.78, 5) is 48.2. The van der Waals surface area contributed by atoms with E-state index in [9.17, 15) is 14.4 Å². The first kappa shape index (κ1) is 30.2. The van der Waals surface area contributed by atoms with Crippen molar-refractivity contribution in [2.24, 2.45) is 0 Å². The van der Waals surface area contributed by atoms with E-state index in [1.54, 1.807) is 17.0 Å². The molecule has 3 fully saturated rings. The Morgan fingerprint density at radius 2 is 1.55 bits per heavy atom. The Hall–Kier alpha value is -3.83. The molecule has 1 atom stereocenters. The Bertz CT molecular complexity index is 1300. The fraction of sp³-hybridized carbons (Fsp3) is 0.545. The van der Waals surface area contributed by atoms with Gasteiger partial charge in [0.2, 0.25) is 0 Å². The molecule has 4 aliphatic rings. The van der Waals surface area contributed by atoms with Gasteiger partial charge in [-0.1, -0.05) is 30.3 Å². The normalized spacial score (nSPS) is 21.3. The number of amides is 4. The molecule has 11 nitrogen and oxygen atoms in total. The fourth-order valence-corrected chi connectivity index (χ4v) is 7.02. The Labute approximate surface area is 259 Å². The number of rotatable bonds is 6. The van der Waals surface area contributed by atoms with Gasteiger partial charge in [0, 0.05) is 75.7 Å². The lowest BCUT2D eigenvalue weighted by atomic mass is 10.0. The van der Waals surface area contributed by atoms with Crippen LogP contribution in [0.5, 0.6) is 0 Å². The van der Waals surface area contributed by atoms with Crippen LogP contribution in [0.25, 0.3) is 0 Å². The van der Waals surface area contributed by atoms with Gasteiger partial charge in [-0.15, -0.1) is 0 Å². The zero-order valence-electron chi connectivity index (χ0n) is 25.5. The molecule has 4 heterocycles. The van der Waals surface area contributed by atoms with Gasteiger partial charge in [0.15, 0.2) is 6.10 Å². The van der Waals surface area contributed by atoms with Gasteiger partial charge in [0.1, 0.15) is 0 Å². The molecule has 2 aromatic carbocycles. The third kappa shape index (κ3) is 7.10. The molecular weight excluding hydrogens is 558 g/mol. The summed E-state index contributed by atoms with van der Waals surface area (Å²) in [5.74, 6) is -0.143. The molecule has 0 aliphatic carbocycles. The number of nitrogens with one attached hydrogen (secondary N) is 2. The van der Waals surface area contributed by atoms with Crippen molar-refractivity contribution in [1.82, 2.24) is 24.9 Å². The lowest BCUT2D eigenvalue weighted by Gasteiger charge is -2.41. The maximum absolute atomic E-state index is 13.8.